The first-order valence-corrected chi connectivity index (χ1v) is 7.20. The highest BCUT2D eigenvalue weighted by Crippen LogP contribution is 2.24. The summed E-state index contributed by atoms with van der Waals surface area (Å²) in [7, 11) is 2.05. The fourth-order valence-electron chi connectivity index (χ4n) is 2.38. The molecule has 1 N–H and O–H groups in total. The Morgan fingerprint density at radius 3 is 2.48 bits per heavy atom. The quantitative estimate of drug-likeness (QED) is 0.879. The van der Waals surface area contributed by atoms with Gasteiger partial charge in [-0.2, -0.15) is 0 Å². The molecule has 1 aromatic carbocycles. The molecule has 8 heteroatoms. The van der Waals surface area contributed by atoms with Crippen LogP contribution in [0.4, 0.5) is 30.5 Å². The second-order valence-corrected chi connectivity index (χ2v) is 5.40. The molecule has 0 amide bonds. The number of aromatic nitrogens is 2. The minimum Gasteiger partial charge on any atom is -0.354 e. The van der Waals surface area contributed by atoms with Crippen molar-refractivity contribution in [2.45, 2.75) is 0 Å². The molecule has 0 bridgehead atoms. The number of nitrogens with zero attached hydrogens (tertiary/aromatic N) is 4. The fourth-order valence-corrected chi connectivity index (χ4v) is 2.38. The van der Waals surface area contributed by atoms with Gasteiger partial charge in [-0.1, -0.05) is 0 Å². The van der Waals surface area contributed by atoms with Gasteiger partial charge in [-0.25, -0.2) is 23.1 Å². The maximum atomic E-state index is 13.7. The Bertz CT molecular complexity index is 702. The van der Waals surface area contributed by atoms with Gasteiger partial charge in [-0.15, -0.1) is 0 Å². The van der Waals surface area contributed by atoms with Crippen LogP contribution < -0.4 is 10.2 Å². The first-order chi connectivity index (χ1) is 11.0. The molecule has 3 rings (SSSR count). The van der Waals surface area contributed by atoms with Gasteiger partial charge >= 0.3 is 0 Å². The second-order valence-electron chi connectivity index (χ2n) is 5.40. The van der Waals surface area contributed by atoms with E-state index < -0.39 is 17.5 Å². The smallest absolute Gasteiger partial charge is 0.196 e. The third-order valence-electron chi connectivity index (χ3n) is 3.78. The van der Waals surface area contributed by atoms with E-state index in [1.54, 1.807) is 6.07 Å². The number of halogens is 3. The van der Waals surface area contributed by atoms with Crippen LogP contribution in [0.5, 0.6) is 0 Å². The third kappa shape index (κ3) is 3.37. The first-order valence-electron chi connectivity index (χ1n) is 7.20. The molecule has 2 heterocycles. The molecule has 1 fully saturated rings. The lowest BCUT2D eigenvalue weighted by molar-refractivity contribution is 0.312. The molecule has 1 aliphatic rings. The predicted molar refractivity (Wildman–Crippen MR) is 81.3 cm³/mol. The van der Waals surface area contributed by atoms with E-state index in [0.29, 0.717) is 11.6 Å². The Balaban J connectivity index is 1.79. The van der Waals surface area contributed by atoms with Crippen LogP contribution in [0.25, 0.3) is 0 Å². The third-order valence-corrected chi connectivity index (χ3v) is 3.78. The van der Waals surface area contributed by atoms with Crippen LogP contribution in [0.3, 0.4) is 0 Å². The lowest BCUT2D eigenvalue weighted by atomic mass is 10.2. The van der Waals surface area contributed by atoms with Gasteiger partial charge in [-0.05, 0) is 19.2 Å². The van der Waals surface area contributed by atoms with Crippen molar-refractivity contribution in [3.05, 3.63) is 42.0 Å². The molecule has 0 aliphatic carbocycles. The lowest BCUT2D eigenvalue weighted by Gasteiger charge is -2.33. The Kier molecular flexibility index (Phi) is 4.33. The molecular formula is C15H16F3N5. The topological polar surface area (TPSA) is 44.3 Å². The summed E-state index contributed by atoms with van der Waals surface area (Å²) in [5.41, 5.74) is -0.174. The highest BCUT2D eigenvalue weighted by Gasteiger charge is 2.17. The number of hydrogen-bond acceptors (Lipinski definition) is 5. The number of likely N-dealkylation sites (N-methyl/N-ethyl adjacent to an activating group) is 1. The van der Waals surface area contributed by atoms with E-state index in [1.807, 2.05) is 0 Å². The van der Waals surface area contributed by atoms with Crippen molar-refractivity contribution < 1.29 is 13.2 Å². The van der Waals surface area contributed by atoms with Crippen molar-refractivity contribution in [1.82, 2.24) is 14.9 Å². The number of benzene rings is 1. The second kappa shape index (κ2) is 6.41. The number of piperazine rings is 1. The monoisotopic (exact) mass is 323 g/mol. The SMILES string of the molecule is CN1CCN(c2cc(Nc3ccc(F)c(F)c3F)ncn2)CC1. The maximum absolute atomic E-state index is 13.7. The summed E-state index contributed by atoms with van der Waals surface area (Å²) in [6, 6.07) is 3.65. The van der Waals surface area contributed by atoms with Crippen molar-refractivity contribution in [3.8, 4) is 0 Å². The number of rotatable bonds is 3. The van der Waals surface area contributed by atoms with Crippen LogP contribution in [-0.4, -0.2) is 48.1 Å². The van der Waals surface area contributed by atoms with E-state index in [1.165, 1.54) is 6.33 Å². The van der Waals surface area contributed by atoms with E-state index in [0.717, 1.165) is 38.3 Å². The average molecular weight is 323 g/mol. The van der Waals surface area contributed by atoms with Crippen LogP contribution in [0.2, 0.25) is 0 Å². The molecular weight excluding hydrogens is 307 g/mol. The summed E-state index contributed by atoms with van der Waals surface area (Å²) < 4.78 is 39.9. The summed E-state index contributed by atoms with van der Waals surface area (Å²) in [5.74, 6) is -2.99. The van der Waals surface area contributed by atoms with Gasteiger partial charge in [0.05, 0.1) is 5.69 Å². The molecule has 1 aliphatic heterocycles. The number of hydrogen-bond donors (Lipinski definition) is 1. The largest absolute Gasteiger partial charge is 0.354 e. The fraction of sp³-hybridized carbons (Fsp3) is 0.333. The molecule has 0 unspecified atom stereocenters. The van der Waals surface area contributed by atoms with Crippen LogP contribution in [0.15, 0.2) is 24.5 Å². The van der Waals surface area contributed by atoms with Crippen LogP contribution in [0.1, 0.15) is 0 Å². The van der Waals surface area contributed by atoms with E-state index in [-0.39, 0.29) is 5.69 Å². The summed E-state index contributed by atoms with van der Waals surface area (Å²) in [4.78, 5) is 12.5. The van der Waals surface area contributed by atoms with E-state index in [2.05, 4.69) is 32.1 Å². The van der Waals surface area contributed by atoms with Crippen molar-refractivity contribution in [2.24, 2.45) is 0 Å². The van der Waals surface area contributed by atoms with Crippen LogP contribution in [-0.2, 0) is 0 Å². The lowest BCUT2D eigenvalue weighted by Crippen LogP contribution is -2.44. The summed E-state index contributed by atoms with van der Waals surface area (Å²) in [5, 5.41) is 2.66. The van der Waals surface area contributed by atoms with Crippen molar-refractivity contribution in [1.29, 1.82) is 0 Å². The number of nitrogens with one attached hydrogen (secondary N) is 1. The highest BCUT2D eigenvalue weighted by molar-refractivity contribution is 5.60. The molecule has 0 saturated carbocycles. The zero-order valence-electron chi connectivity index (χ0n) is 12.6. The van der Waals surface area contributed by atoms with Gasteiger partial charge in [-0.3, -0.25) is 0 Å². The Hall–Kier alpha value is -2.35. The molecule has 5 nitrogen and oxygen atoms in total. The minimum atomic E-state index is -1.51. The van der Waals surface area contributed by atoms with Crippen molar-refractivity contribution >= 4 is 17.3 Å². The number of anilines is 3. The highest BCUT2D eigenvalue weighted by atomic mass is 19.2. The molecule has 0 spiro atoms. The van der Waals surface area contributed by atoms with Gasteiger partial charge in [0.15, 0.2) is 17.5 Å². The zero-order valence-corrected chi connectivity index (χ0v) is 12.6. The van der Waals surface area contributed by atoms with E-state index in [9.17, 15) is 13.2 Å². The van der Waals surface area contributed by atoms with Crippen LogP contribution >= 0.6 is 0 Å². The predicted octanol–water partition coefficient (Wildman–Crippen LogP) is 2.39. The van der Waals surface area contributed by atoms with Crippen molar-refractivity contribution in [3.63, 3.8) is 0 Å². The molecule has 1 saturated heterocycles. The standard InChI is InChI=1S/C15H16F3N5/c1-22-4-6-23(7-5-22)13-8-12(19-9-20-13)21-11-3-2-10(16)14(17)15(11)18/h2-3,8-9H,4-7H2,1H3,(H,19,20,21). The molecule has 2 aromatic rings. The maximum Gasteiger partial charge on any atom is 0.196 e. The summed E-state index contributed by atoms with van der Waals surface area (Å²) in [6.45, 7) is 3.49. The minimum absolute atomic E-state index is 0.174. The summed E-state index contributed by atoms with van der Waals surface area (Å²) >= 11 is 0. The van der Waals surface area contributed by atoms with E-state index >= 15 is 0 Å². The normalized spacial score (nSPS) is 15.7. The molecule has 23 heavy (non-hydrogen) atoms. The molecule has 1 aromatic heterocycles. The Morgan fingerprint density at radius 2 is 1.74 bits per heavy atom. The van der Waals surface area contributed by atoms with Gasteiger partial charge in [0.2, 0.25) is 0 Å². The molecule has 122 valence electrons. The Labute approximate surface area is 131 Å². The van der Waals surface area contributed by atoms with Gasteiger partial charge in [0, 0.05) is 32.2 Å². The van der Waals surface area contributed by atoms with Gasteiger partial charge in [0.25, 0.3) is 0 Å². The zero-order chi connectivity index (χ0) is 16.4. The van der Waals surface area contributed by atoms with Crippen molar-refractivity contribution in [2.75, 3.05) is 43.4 Å². The molecule has 0 radical (unpaired) electrons. The average Bonchev–Trinajstić information content (AvgIpc) is 2.56. The first kappa shape index (κ1) is 15.5. The molecule has 0 atom stereocenters. The van der Waals surface area contributed by atoms with Gasteiger partial charge in [0.1, 0.15) is 18.0 Å². The van der Waals surface area contributed by atoms with E-state index in [4.69, 9.17) is 0 Å². The van der Waals surface area contributed by atoms with Gasteiger partial charge < -0.3 is 15.1 Å². The van der Waals surface area contributed by atoms with Crippen LogP contribution in [0, 0.1) is 17.5 Å². The summed E-state index contributed by atoms with van der Waals surface area (Å²) in [6.07, 6.45) is 1.35. The Morgan fingerprint density at radius 1 is 1.00 bits per heavy atom.